The molecule has 1 aliphatic heterocycles. The molecule has 1 aliphatic rings. The normalized spacial score (nSPS) is 12.8. The molecule has 0 saturated carbocycles. The van der Waals surface area contributed by atoms with Crippen LogP contribution in [0.2, 0.25) is 0 Å². The molecule has 0 aliphatic carbocycles. The van der Waals surface area contributed by atoms with Crippen LogP contribution in [0.25, 0.3) is 0 Å². The van der Waals surface area contributed by atoms with E-state index in [1.165, 1.54) is 60.8 Å². The van der Waals surface area contributed by atoms with Crippen molar-refractivity contribution in [3.05, 3.63) is 66.4 Å². The number of aromatic hydroxyl groups is 1. The maximum atomic E-state index is 12.8. The summed E-state index contributed by atoms with van der Waals surface area (Å²) in [5.41, 5.74) is 0.380. The molecule has 0 atom stereocenters. The van der Waals surface area contributed by atoms with Crippen LogP contribution in [0.1, 0.15) is 10.4 Å². The number of nitrogens with one attached hydrogen (secondary N) is 2. The van der Waals surface area contributed by atoms with Gasteiger partial charge in [0.1, 0.15) is 13.2 Å². The lowest BCUT2D eigenvalue weighted by atomic mass is 10.2. The molecule has 9 nitrogen and oxygen atoms in total. The zero-order chi connectivity index (χ0) is 21.1. The summed E-state index contributed by atoms with van der Waals surface area (Å²) < 4.78 is 38.8. The van der Waals surface area contributed by atoms with Crippen LogP contribution in [0.15, 0.2) is 65.7 Å². The number of anilines is 2. The molecule has 2 heterocycles. The van der Waals surface area contributed by atoms with Crippen molar-refractivity contribution < 1.29 is 27.8 Å². The quantitative estimate of drug-likeness (QED) is 0.571. The monoisotopic (exact) mass is 427 g/mol. The molecular weight excluding hydrogens is 410 g/mol. The molecule has 0 radical (unpaired) electrons. The molecular formula is C20H17N3O6S. The van der Waals surface area contributed by atoms with E-state index in [1.54, 1.807) is 0 Å². The Morgan fingerprint density at radius 3 is 2.60 bits per heavy atom. The van der Waals surface area contributed by atoms with Crippen LogP contribution in [0.4, 0.5) is 11.5 Å². The van der Waals surface area contributed by atoms with Gasteiger partial charge in [0.2, 0.25) is 0 Å². The molecule has 3 N–H and O–H groups in total. The fourth-order valence-corrected chi connectivity index (χ4v) is 3.87. The third kappa shape index (κ3) is 4.13. The number of carbonyl (C=O) groups excluding carboxylic acids is 1. The number of hydrogen-bond donors (Lipinski definition) is 3. The molecule has 2 aromatic carbocycles. The zero-order valence-electron chi connectivity index (χ0n) is 15.5. The van der Waals surface area contributed by atoms with E-state index in [-0.39, 0.29) is 27.7 Å². The topological polar surface area (TPSA) is 127 Å². The molecule has 0 unspecified atom stereocenters. The van der Waals surface area contributed by atoms with Crippen molar-refractivity contribution >= 4 is 27.4 Å². The first kappa shape index (κ1) is 19.5. The largest absolute Gasteiger partial charge is 0.504 e. The Bertz CT molecular complexity index is 1210. The molecule has 4 rings (SSSR count). The van der Waals surface area contributed by atoms with Crippen LogP contribution in [-0.4, -0.2) is 37.6 Å². The number of rotatable bonds is 5. The predicted molar refractivity (Wildman–Crippen MR) is 109 cm³/mol. The molecule has 0 saturated heterocycles. The molecule has 3 aromatic rings. The number of fused-ring (bicyclic) bond motifs is 1. The van der Waals surface area contributed by atoms with Gasteiger partial charge in [0, 0.05) is 23.5 Å². The third-order valence-electron chi connectivity index (χ3n) is 4.22. The summed E-state index contributed by atoms with van der Waals surface area (Å²) in [4.78, 5) is 16.3. The minimum absolute atomic E-state index is 0.0000115. The number of aromatic nitrogens is 1. The Hall–Kier alpha value is -3.79. The van der Waals surface area contributed by atoms with Crippen molar-refractivity contribution in [3.63, 3.8) is 0 Å². The van der Waals surface area contributed by atoms with Crippen molar-refractivity contribution in [2.75, 3.05) is 23.3 Å². The Morgan fingerprint density at radius 2 is 1.80 bits per heavy atom. The first-order valence-corrected chi connectivity index (χ1v) is 10.4. The molecule has 154 valence electrons. The Kier molecular flexibility index (Phi) is 5.15. The number of benzene rings is 2. The highest BCUT2D eigenvalue weighted by Gasteiger charge is 2.20. The van der Waals surface area contributed by atoms with Gasteiger partial charge >= 0.3 is 0 Å². The number of nitrogens with zero attached hydrogens (tertiary/aromatic N) is 1. The van der Waals surface area contributed by atoms with E-state index in [9.17, 15) is 18.3 Å². The average molecular weight is 427 g/mol. The fourth-order valence-electron chi connectivity index (χ4n) is 2.80. The highest BCUT2D eigenvalue weighted by molar-refractivity contribution is 7.92. The van der Waals surface area contributed by atoms with Crippen molar-refractivity contribution in [3.8, 4) is 17.2 Å². The molecule has 1 aromatic heterocycles. The first-order valence-electron chi connectivity index (χ1n) is 8.90. The average Bonchev–Trinajstić information content (AvgIpc) is 2.75. The first-order chi connectivity index (χ1) is 14.4. The van der Waals surface area contributed by atoms with Crippen molar-refractivity contribution in [1.29, 1.82) is 0 Å². The zero-order valence-corrected chi connectivity index (χ0v) is 16.3. The SMILES string of the molecule is O=C(Nc1ncccc1O)c1cccc(NS(=O)(=O)c2ccc3c(c2)OCCO3)c1. The van der Waals surface area contributed by atoms with E-state index in [0.29, 0.717) is 24.7 Å². The van der Waals surface area contributed by atoms with Crippen molar-refractivity contribution in [1.82, 2.24) is 4.98 Å². The fraction of sp³-hybridized carbons (Fsp3) is 0.100. The van der Waals surface area contributed by atoms with Crippen LogP contribution in [0, 0.1) is 0 Å². The third-order valence-corrected chi connectivity index (χ3v) is 5.60. The second-order valence-electron chi connectivity index (χ2n) is 6.32. The summed E-state index contributed by atoms with van der Waals surface area (Å²) in [5, 5.41) is 12.2. The molecule has 0 bridgehead atoms. The van der Waals surface area contributed by atoms with Gasteiger partial charge in [-0.1, -0.05) is 6.07 Å². The molecule has 0 spiro atoms. The number of amides is 1. The van der Waals surface area contributed by atoms with Gasteiger partial charge in [0.25, 0.3) is 15.9 Å². The van der Waals surface area contributed by atoms with Gasteiger partial charge in [-0.05, 0) is 42.5 Å². The van der Waals surface area contributed by atoms with Gasteiger partial charge < -0.3 is 19.9 Å². The van der Waals surface area contributed by atoms with Crippen molar-refractivity contribution in [2.24, 2.45) is 0 Å². The van der Waals surface area contributed by atoms with E-state index in [2.05, 4.69) is 15.0 Å². The summed E-state index contributed by atoms with van der Waals surface area (Å²) in [7, 11) is -3.92. The number of carbonyl (C=O) groups is 1. The van der Waals surface area contributed by atoms with Gasteiger partial charge in [0.15, 0.2) is 23.1 Å². The summed E-state index contributed by atoms with van der Waals surface area (Å²) >= 11 is 0. The van der Waals surface area contributed by atoms with E-state index in [1.807, 2.05) is 0 Å². The Balaban J connectivity index is 1.54. The maximum Gasteiger partial charge on any atom is 0.262 e. The van der Waals surface area contributed by atoms with Gasteiger partial charge in [-0.2, -0.15) is 0 Å². The van der Waals surface area contributed by atoms with E-state index >= 15 is 0 Å². The second-order valence-corrected chi connectivity index (χ2v) is 8.00. The van der Waals surface area contributed by atoms with E-state index in [0.717, 1.165) is 0 Å². The molecule has 1 amide bonds. The van der Waals surface area contributed by atoms with Gasteiger partial charge in [0.05, 0.1) is 4.90 Å². The van der Waals surface area contributed by atoms with Gasteiger partial charge in [-0.3, -0.25) is 9.52 Å². The van der Waals surface area contributed by atoms with Crippen molar-refractivity contribution in [2.45, 2.75) is 4.90 Å². The highest BCUT2D eigenvalue weighted by atomic mass is 32.2. The van der Waals surface area contributed by atoms with E-state index in [4.69, 9.17) is 9.47 Å². The number of sulfonamides is 1. The smallest absolute Gasteiger partial charge is 0.262 e. The lowest BCUT2D eigenvalue weighted by molar-refractivity contribution is 0.102. The van der Waals surface area contributed by atoms with Crippen LogP contribution < -0.4 is 19.5 Å². The van der Waals surface area contributed by atoms with Gasteiger partial charge in [-0.15, -0.1) is 0 Å². The van der Waals surface area contributed by atoms with Crippen LogP contribution >= 0.6 is 0 Å². The molecule has 30 heavy (non-hydrogen) atoms. The predicted octanol–water partition coefficient (Wildman–Crippen LogP) is 2.61. The minimum atomic E-state index is -3.92. The second kappa shape index (κ2) is 7.91. The minimum Gasteiger partial charge on any atom is -0.504 e. The van der Waals surface area contributed by atoms with E-state index < -0.39 is 15.9 Å². The summed E-state index contributed by atoms with van der Waals surface area (Å²) in [6.07, 6.45) is 1.42. The van der Waals surface area contributed by atoms with Crippen LogP contribution in [0.5, 0.6) is 17.2 Å². The Labute approximate surface area is 172 Å². The van der Waals surface area contributed by atoms with Crippen LogP contribution in [0.3, 0.4) is 0 Å². The number of ether oxygens (including phenoxy) is 2. The van der Waals surface area contributed by atoms with Gasteiger partial charge in [-0.25, -0.2) is 13.4 Å². The summed E-state index contributed by atoms with van der Waals surface area (Å²) in [5.74, 6) is 0.111. The summed E-state index contributed by atoms with van der Waals surface area (Å²) in [6, 6.07) is 13.2. The van der Waals surface area contributed by atoms with Crippen LogP contribution in [-0.2, 0) is 10.0 Å². The lowest BCUT2D eigenvalue weighted by Crippen LogP contribution is -2.18. The molecule has 0 fully saturated rings. The highest BCUT2D eigenvalue weighted by Crippen LogP contribution is 2.32. The standard InChI is InChI=1S/C20H17N3O6S/c24-16-5-2-8-21-19(16)22-20(25)13-3-1-4-14(11-13)23-30(26,27)15-6-7-17-18(12-15)29-10-9-28-17/h1-8,11-12,23-24H,9-10H2,(H,21,22,25). The Morgan fingerprint density at radius 1 is 1.00 bits per heavy atom. The number of hydrogen-bond acceptors (Lipinski definition) is 7. The summed E-state index contributed by atoms with van der Waals surface area (Å²) in [6.45, 7) is 0.745. The molecule has 10 heteroatoms. The number of pyridine rings is 1. The lowest BCUT2D eigenvalue weighted by Gasteiger charge is -2.19. The maximum absolute atomic E-state index is 12.8.